The second kappa shape index (κ2) is 5.86. The molecule has 0 saturated carbocycles. The first-order valence-electron chi connectivity index (χ1n) is 5.84. The molecule has 4 nitrogen and oxygen atoms in total. The van der Waals surface area contributed by atoms with Gasteiger partial charge in [0.25, 0.3) is 0 Å². The number of hydrogen-bond acceptors (Lipinski definition) is 4. The van der Waals surface area contributed by atoms with E-state index < -0.39 is 7.12 Å². The maximum Gasteiger partial charge on any atom is 0.488 e. The molecule has 0 bridgehead atoms. The van der Waals surface area contributed by atoms with Gasteiger partial charge in [-0.3, -0.25) is 0 Å². The fourth-order valence-corrected chi connectivity index (χ4v) is 1.75. The quantitative estimate of drug-likeness (QED) is 0.523. The van der Waals surface area contributed by atoms with Crippen molar-refractivity contribution < 1.29 is 19.9 Å². The van der Waals surface area contributed by atoms with Gasteiger partial charge in [-0.1, -0.05) is 24.3 Å². The normalized spacial score (nSPS) is 10.6. The highest BCUT2D eigenvalue weighted by Gasteiger charge is 2.10. The smallest absolute Gasteiger partial charge is 0.488 e. The molecule has 0 fully saturated rings. The zero-order valence-corrected chi connectivity index (χ0v) is 9.91. The third kappa shape index (κ3) is 3.01. The molecule has 0 saturated heterocycles. The van der Waals surface area contributed by atoms with Gasteiger partial charge in [0, 0.05) is 13.0 Å². The lowest BCUT2D eigenvalue weighted by Crippen LogP contribution is -2.29. The van der Waals surface area contributed by atoms with E-state index in [1.165, 1.54) is 0 Å². The van der Waals surface area contributed by atoms with Gasteiger partial charge in [-0.15, -0.1) is 0 Å². The van der Waals surface area contributed by atoms with Crippen LogP contribution in [0.3, 0.4) is 0 Å². The van der Waals surface area contributed by atoms with Crippen LogP contribution < -0.4 is 10.2 Å². The number of hydrogen-bond donors (Lipinski definition) is 3. The maximum absolute atomic E-state index is 9.09. The largest absolute Gasteiger partial charge is 0.493 e. The van der Waals surface area contributed by atoms with Crippen molar-refractivity contribution in [2.75, 3.05) is 13.2 Å². The van der Waals surface area contributed by atoms with Crippen LogP contribution in [0.4, 0.5) is 0 Å². The van der Waals surface area contributed by atoms with Crippen molar-refractivity contribution in [3.8, 4) is 5.75 Å². The molecule has 0 spiro atoms. The third-order valence-electron chi connectivity index (χ3n) is 2.71. The monoisotopic (exact) mass is 246 g/mol. The summed E-state index contributed by atoms with van der Waals surface area (Å²) in [5.41, 5.74) is 0.469. The summed E-state index contributed by atoms with van der Waals surface area (Å²) in [6.07, 6.45) is 0.605. The molecular weight excluding hydrogens is 231 g/mol. The molecule has 2 aromatic rings. The molecule has 0 aromatic heterocycles. The van der Waals surface area contributed by atoms with Gasteiger partial charge in [0.1, 0.15) is 5.75 Å². The van der Waals surface area contributed by atoms with Gasteiger partial charge < -0.3 is 19.9 Å². The Hall–Kier alpha value is -1.56. The summed E-state index contributed by atoms with van der Waals surface area (Å²) >= 11 is 0. The minimum Gasteiger partial charge on any atom is -0.493 e. The Kier molecular flexibility index (Phi) is 4.20. The van der Waals surface area contributed by atoms with Crippen LogP contribution in [0.2, 0.25) is 0 Å². The van der Waals surface area contributed by atoms with Gasteiger partial charge in [0.15, 0.2) is 0 Å². The van der Waals surface area contributed by atoms with Gasteiger partial charge in [-0.25, -0.2) is 0 Å². The first-order chi connectivity index (χ1) is 8.70. The van der Waals surface area contributed by atoms with Crippen LogP contribution in [0.25, 0.3) is 10.8 Å². The third-order valence-corrected chi connectivity index (χ3v) is 2.71. The highest BCUT2D eigenvalue weighted by Crippen LogP contribution is 2.20. The van der Waals surface area contributed by atoms with Crippen molar-refractivity contribution in [2.24, 2.45) is 0 Å². The zero-order chi connectivity index (χ0) is 13.0. The molecule has 0 aliphatic heterocycles. The summed E-state index contributed by atoms with van der Waals surface area (Å²) in [6, 6.07) is 10.8. The van der Waals surface area contributed by atoms with E-state index in [0.717, 1.165) is 16.5 Å². The summed E-state index contributed by atoms with van der Waals surface area (Å²) in [5, 5.41) is 28.7. The number of aliphatic hydroxyl groups excluding tert-OH is 1. The predicted octanol–water partition coefficient (Wildman–Crippen LogP) is 0.281. The van der Waals surface area contributed by atoms with E-state index in [4.69, 9.17) is 19.9 Å². The first-order valence-corrected chi connectivity index (χ1v) is 5.84. The van der Waals surface area contributed by atoms with Crippen molar-refractivity contribution in [1.29, 1.82) is 0 Å². The van der Waals surface area contributed by atoms with Crippen molar-refractivity contribution >= 4 is 23.4 Å². The van der Waals surface area contributed by atoms with Crippen LogP contribution in [-0.4, -0.2) is 35.5 Å². The van der Waals surface area contributed by atoms with E-state index in [-0.39, 0.29) is 6.61 Å². The Bertz CT molecular complexity index is 527. The van der Waals surface area contributed by atoms with E-state index >= 15 is 0 Å². The second-order valence-corrected chi connectivity index (χ2v) is 4.07. The maximum atomic E-state index is 9.09. The van der Waals surface area contributed by atoms with Crippen LogP contribution in [-0.2, 0) is 0 Å². The topological polar surface area (TPSA) is 69.9 Å². The standard InChI is InChI=1S/C13H15BO4/c15-6-1-7-18-13-5-3-10-8-12(14(16)17)4-2-11(10)9-13/h2-5,8-9,15-17H,1,6-7H2. The zero-order valence-electron chi connectivity index (χ0n) is 9.91. The van der Waals surface area contributed by atoms with Crippen LogP contribution in [0, 0.1) is 0 Å². The van der Waals surface area contributed by atoms with E-state index in [0.29, 0.717) is 18.5 Å². The minimum atomic E-state index is -1.45. The molecule has 0 unspecified atom stereocenters. The van der Waals surface area contributed by atoms with Gasteiger partial charge in [-0.2, -0.15) is 0 Å². The van der Waals surface area contributed by atoms with Crippen LogP contribution in [0.15, 0.2) is 36.4 Å². The second-order valence-electron chi connectivity index (χ2n) is 4.07. The highest BCUT2D eigenvalue weighted by molar-refractivity contribution is 6.58. The molecule has 94 valence electrons. The molecule has 2 rings (SSSR count). The molecule has 0 aliphatic rings. The first kappa shape index (κ1) is 12.9. The molecule has 0 heterocycles. The Balaban J connectivity index is 2.21. The number of benzene rings is 2. The van der Waals surface area contributed by atoms with Crippen molar-refractivity contribution in [1.82, 2.24) is 0 Å². The summed E-state index contributed by atoms with van der Waals surface area (Å²) in [5.74, 6) is 0.744. The van der Waals surface area contributed by atoms with Gasteiger partial charge >= 0.3 is 7.12 Å². The molecule has 2 aromatic carbocycles. The number of ether oxygens (including phenoxy) is 1. The van der Waals surface area contributed by atoms with E-state index in [9.17, 15) is 0 Å². The summed E-state index contributed by atoms with van der Waals surface area (Å²) < 4.78 is 5.47. The molecule has 3 N–H and O–H groups in total. The highest BCUT2D eigenvalue weighted by atomic mass is 16.5. The average Bonchev–Trinajstić information content (AvgIpc) is 2.38. The fraction of sp³-hybridized carbons (Fsp3) is 0.231. The molecule has 0 amide bonds. The summed E-state index contributed by atoms with van der Waals surface area (Å²) in [7, 11) is -1.45. The van der Waals surface area contributed by atoms with Crippen LogP contribution in [0.5, 0.6) is 5.75 Å². The van der Waals surface area contributed by atoms with Gasteiger partial charge in [0.05, 0.1) is 6.61 Å². The lowest BCUT2D eigenvalue weighted by atomic mass is 9.79. The van der Waals surface area contributed by atoms with Crippen molar-refractivity contribution in [2.45, 2.75) is 6.42 Å². The number of aliphatic hydroxyl groups is 1. The molecule has 5 heteroatoms. The van der Waals surface area contributed by atoms with Crippen LogP contribution in [0.1, 0.15) is 6.42 Å². The number of rotatable bonds is 5. The molecule has 0 aliphatic carbocycles. The summed E-state index contributed by atoms with van der Waals surface area (Å²) in [6.45, 7) is 0.598. The Morgan fingerprint density at radius 3 is 2.44 bits per heavy atom. The van der Waals surface area contributed by atoms with E-state index in [1.807, 2.05) is 24.3 Å². The minimum absolute atomic E-state index is 0.116. The van der Waals surface area contributed by atoms with E-state index in [1.54, 1.807) is 12.1 Å². The van der Waals surface area contributed by atoms with Crippen molar-refractivity contribution in [3.63, 3.8) is 0 Å². The van der Waals surface area contributed by atoms with Crippen molar-refractivity contribution in [3.05, 3.63) is 36.4 Å². The molecule has 18 heavy (non-hydrogen) atoms. The Morgan fingerprint density at radius 1 is 1.00 bits per heavy atom. The van der Waals surface area contributed by atoms with Gasteiger partial charge in [-0.05, 0) is 28.4 Å². The Labute approximate surface area is 106 Å². The van der Waals surface area contributed by atoms with Crippen LogP contribution >= 0.6 is 0 Å². The lowest BCUT2D eigenvalue weighted by molar-refractivity contribution is 0.234. The predicted molar refractivity (Wildman–Crippen MR) is 71.0 cm³/mol. The summed E-state index contributed by atoms with van der Waals surface area (Å²) in [4.78, 5) is 0. The lowest BCUT2D eigenvalue weighted by Gasteiger charge is -2.07. The Morgan fingerprint density at radius 2 is 1.72 bits per heavy atom. The molecule has 0 radical (unpaired) electrons. The molecule has 0 atom stereocenters. The fourth-order valence-electron chi connectivity index (χ4n) is 1.75. The SMILES string of the molecule is OCCCOc1ccc2cc(B(O)O)ccc2c1. The number of fused-ring (bicyclic) bond motifs is 1. The van der Waals surface area contributed by atoms with Gasteiger partial charge in [0.2, 0.25) is 0 Å². The molecular formula is C13H15BO4. The average molecular weight is 246 g/mol. The van der Waals surface area contributed by atoms with E-state index in [2.05, 4.69) is 0 Å².